The fraction of sp³-hybridized carbons (Fsp3) is 1.00. The molecule has 1 unspecified atom stereocenters. The van der Waals surface area contributed by atoms with Crippen LogP contribution in [-0.2, 0) is 10.0 Å². The minimum Gasteiger partial charge on any atom is -0.211 e. The summed E-state index contributed by atoms with van der Waals surface area (Å²) in [5, 5.41) is -0.364. The third-order valence-corrected chi connectivity index (χ3v) is 3.05. The first-order valence-electron chi connectivity index (χ1n) is 3.07. The number of halogens is 1. The Labute approximate surface area is 66.8 Å². The first-order valence-corrected chi connectivity index (χ1v) is 5.26. The number of rotatable bonds is 4. The molecule has 0 spiro atoms. The Hall–Kier alpha value is 0.200. The van der Waals surface area contributed by atoms with Gasteiger partial charge < -0.3 is 0 Å². The van der Waals surface area contributed by atoms with E-state index >= 15 is 0 Å². The number of alkyl halides is 1. The molecule has 0 aliphatic rings. The summed E-state index contributed by atoms with van der Waals surface area (Å²) in [6.45, 7) is 3.70. The van der Waals surface area contributed by atoms with Crippen LogP contribution in [0.2, 0.25) is 0 Å². The van der Waals surface area contributed by atoms with Gasteiger partial charge in [0.05, 0.1) is 0 Å². The van der Waals surface area contributed by atoms with Gasteiger partial charge in [0.1, 0.15) is 5.21 Å². The van der Waals surface area contributed by atoms with Crippen molar-refractivity contribution >= 4 is 21.6 Å². The Kier molecular flexibility index (Phi) is 4.24. The average molecular weight is 186 g/mol. The van der Waals surface area contributed by atoms with Crippen molar-refractivity contribution in [2.24, 2.45) is 0 Å². The van der Waals surface area contributed by atoms with Crippen LogP contribution in [0.3, 0.4) is 0 Å². The molecule has 0 amide bonds. The van der Waals surface area contributed by atoms with E-state index in [-0.39, 0.29) is 11.3 Å². The van der Waals surface area contributed by atoms with Crippen LogP contribution in [0.4, 0.5) is 0 Å². The molecule has 10 heavy (non-hydrogen) atoms. The van der Waals surface area contributed by atoms with Crippen molar-refractivity contribution in [2.45, 2.75) is 26.3 Å². The number of hydrogen-bond donors (Lipinski definition) is 1. The van der Waals surface area contributed by atoms with Gasteiger partial charge >= 0.3 is 0 Å². The van der Waals surface area contributed by atoms with Crippen LogP contribution in [0, 0.1) is 0 Å². The molecular formula is C5H12ClNO2S. The van der Waals surface area contributed by atoms with Crippen LogP contribution >= 0.6 is 11.6 Å². The Morgan fingerprint density at radius 3 is 2.40 bits per heavy atom. The Morgan fingerprint density at radius 2 is 2.10 bits per heavy atom. The topological polar surface area (TPSA) is 46.2 Å². The van der Waals surface area contributed by atoms with Crippen LogP contribution < -0.4 is 4.72 Å². The third kappa shape index (κ3) is 4.09. The predicted molar refractivity (Wildman–Crippen MR) is 42.5 cm³/mol. The summed E-state index contributed by atoms with van der Waals surface area (Å²) in [6.07, 6.45) is 0.774. The SMILES string of the molecule is CCC(C)NS(=O)(=O)CCl. The maximum absolute atomic E-state index is 10.7. The van der Waals surface area contributed by atoms with Gasteiger partial charge in [-0.05, 0) is 13.3 Å². The number of sulfonamides is 1. The minimum atomic E-state index is -3.22. The summed E-state index contributed by atoms with van der Waals surface area (Å²) in [5.41, 5.74) is 0. The van der Waals surface area contributed by atoms with Gasteiger partial charge in [0.2, 0.25) is 10.0 Å². The van der Waals surface area contributed by atoms with E-state index in [2.05, 4.69) is 4.72 Å². The number of hydrogen-bond acceptors (Lipinski definition) is 2. The van der Waals surface area contributed by atoms with E-state index in [9.17, 15) is 8.42 Å². The molecule has 3 nitrogen and oxygen atoms in total. The largest absolute Gasteiger partial charge is 0.225 e. The Balaban J connectivity index is 3.90. The zero-order valence-corrected chi connectivity index (χ0v) is 7.67. The lowest BCUT2D eigenvalue weighted by Gasteiger charge is -2.08. The van der Waals surface area contributed by atoms with Crippen molar-refractivity contribution in [1.82, 2.24) is 4.72 Å². The lowest BCUT2D eigenvalue weighted by atomic mass is 10.3. The van der Waals surface area contributed by atoms with Gasteiger partial charge in [0.15, 0.2) is 0 Å². The summed E-state index contributed by atoms with van der Waals surface area (Å²) in [6, 6.07) is -0.0243. The molecule has 0 rings (SSSR count). The highest BCUT2D eigenvalue weighted by Gasteiger charge is 2.10. The lowest BCUT2D eigenvalue weighted by molar-refractivity contribution is 0.560. The summed E-state index contributed by atoms with van der Waals surface area (Å²) in [5.74, 6) is 0. The van der Waals surface area contributed by atoms with E-state index in [0.29, 0.717) is 0 Å². The molecule has 0 aliphatic heterocycles. The van der Waals surface area contributed by atoms with Gasteiger partial charge in [-0.2, -0.15) is 0 Å². The molecule has 0 saturated heterocycles. The molecule has 1 N–H and O–H groups in total. The molecule has 0 aromatic rings. The molecule has 0 aromatic heterocycles. The number of nitrogens with one attached hydrogen (secondary N) is 1. The van der Waals surface area contributed by atoms with E-state index in [4.69, 9.17) is 11.6 Å². The van der Waals surface area contributed by atoms with Crippen molar-refractivity contribution in [3.05, 3.63) is 0 Å². The molecular weight excluding hydrogens is 174 g/mol. The first kappa shape index (κ1) is 10.2. The first-order chi connectivity index (χ1) is 4.52. The van der Waals surface area contributed by atoms with Crippen molar-refractivity contribution in [3.63, 3.8) is 0 Å². The quantitative estimate of drug-likeness (QED) is 0.662. The predicted octanol–water partition coefficient (Wildman–Crippen LogP) is 0.901. The highest BCUT2D eigenvalue weighted by atomic mass is 35.5. The highest BCUT2D eigenvalue weighted by molar-refractivity contribution is 7.90. The van der Waals surface area contributed by atoms with E-state index in [1.165, 1.54) is 0 Å². The van der Waals surface area contributed by atoms with Gasteiger partial charge in [-0.1, -0.05) is 6.92 Å². The average Bonchev–Trinajstić information content (AvgIpc) is 1.87. The summed E-state index contributed by atoms with van der Waals surface area (Å²) in [7, 11) is -3.22. The molecule has 0 heterocycles. The van der Waals surface area contributed by atoms with Crippen LogP contribution in [0.5, 0.6) is 0 Å². The molecule has 0 radical (unpaired) electrons. The maximum atomic E-state index is 10.7. The minimum absolute atomic E-state index is 0.0243. The van der Waals surface area contributed by atoms with Crippen LogP contribution in [0.15, 0.2) is 0 Å². The molecule has 0 aromatic carbocycles. The standard InChI is InChI=1S/C5H12ClNO2S/c1-3-5(2)7-10(8,9)4-6/h5,7H,3-4H2,1-2H3. The fourth-order valence-electron chi connectivity index (χ4n) is 0.421. The summed E-state index contributed by atoms with van der Waals surface area (Å²) in [4.78, 5) is 0. The maximum Gasteiger partial charge on any atom is 0.225 e. The molecule has 5 heteroatoms. The van der Waals surface area contributed by atoms with Crippen molar-refractivity contribution in [1.29, 1.82) is 0 Å². The second-order valence-electron chi connectivity index (χ2n) is 2.15. The summed E-state index contributed by atoms with van der Waals surface area (Å²) >= 11 is 5.14. The van der Waals surface area contributed by atoms with Crippen molar-refractivity contribution in [3.8, 4) is 0 Å². The van der Waals surface area contributed by atoms with E-state index in [1.807, 2.05) is 6.92 Å². The highest BCUT2D eigenvalue weighted by Crippen LogP contribution is 1.94. The second kappa shape index (κ2) is 4.16. The van der Waals surface area contributed by atoms with Gasteiger partial charge in [0.25, 0.3) is 0 Å². The molecule has 1 atom stereocenters. The van der Waals surface area contributed by atoms with Crippen LogP contribution in [-0.4, -0.2) is 19.7 Å². The van der Waals surface area contributed by atoms with Crippen LogP contribution in [0.1, 0.15) is 20.3 Å². The van der Waals surface area contributed by atoms with Gasteiger partial charge in [0, 0.05) is 6.04 Å². The molecule has 62 valence electrons. The third-order valence-electron chi connectivity index (χ3n) is 1.14. The summed E-state index contributed by atoms with van der Waals surface area (Å²) < 4.78 is 23.8. The van der Waals surface area contributed by atoms with Crippen molar-refractivity contribution in [2.75, 3.05) is 5.21 Å². The van der Waals surface area contributed by atoms with E-state index < -0.39 is 10.0 Å². The van der Waals surface area contributed by atoms with Gasteiger partial charge in [-0.3, -0.25) is 0 Å². The van der Waals surface area contributed by atoms with Gasteiger partial charge in [-0.15, -0.1) is 11.6 Å². The van der Waals surface area contributed by atoms with Gasteiger partial charge in [-0.25, -0.2) is 13.1 Å². The monoisotopic (exact) mass is 185 g/mol. The normalized spacial score (nSPS) is 15.1. The van der Waals surface area contributed by atoms with Crippen molar-refractivity contribution < 1.29 is 8.42 Å². The smallest absolute Gasteiger partial charge is 0.211 e. The lowest BCUT2D eigenvalue weighted by Crippen LogP contribution is -2.32. The van der Waals surface area contributed by atoms with Crippen LogP contribution in [0.25, 0.3) is 0 Å². The second-order valence-corrected chi connectivity index (χ2v) is 4.49. The van der Waals surface area contributed by atoms with E-state index in [1.54, 1.807) is 6.92 Å². The Morgan fingerprint density at radius 1 is 1.60 bits per heavy atom. The zero-order valence-electron chi connectivity index (χ0n) is 6.09. The fourth-order valence-corrected chi connectivity index (χ4v) is 1.45. The molecule has 0 saturated carbocycles. The molecule has 0 bridgehead atoms. The zero-order chi connectivity index (χ0) is 8.20. The molecule has 0 aliphatic carbocycles. The van der Waals surface area contributed by atoms with E-state index in [0.717, 1.165) is 6.42 Å². The Bertz CT molecular complexity index is 178. The molecule has 0 fully saturated rings.